The average Bonchev–Trinajstić information content (AvgIpc) is 2.32. The summed E-state index contributed by atoms with van der Waals surface area (Å²) in [4.78, 5) is 33.6. The van der Waals surface area contributed by atoms with Gasteiger partial charge in [-0.25, -0.2) is 4.79 Å². The Morgan fingerprint density at radius 1 is 1.24 bits per heavy atom. The van der Waals surface area contributed by atoms with E-state index in [1.807, 2.05) is 0 Å². The smallest absolute Gasteiger partial charge is 0.328 e. The van der Waals surface area contributed by atoms with Crippen molar-refractivity contribution in [1.29, 1.82) is 0 Å². The third kappa shape index (κ3) is 5.86. The fraction of sp³-hybridized carbons (Fsp3) is 0.700. The summed E-state index contributed by atoms with van der Waals surface area (Å²) >= 11 is 0. The molecule has 0 aliphatic heterocycles. The molecule has 0 saturated heterocycles. The van der Waals surface area contributed by atoms with Crippen LogP contribution in [-0.4, -0.2) is 44.1 Å². The molecule has 0 aliphatic carbocycles. The van der Waals surface area contributed by atoms with Gasteiger partial charge in [0.15, 0.2) is 0 Å². The molecule has 98 valence electrons. The van der Waals surface area contributed by atoms with Crippen LogP contribution in [0.3, 0.4) is 0 Å². The van der Waals surface area contributed by atoms with Gasteiger partial charge >= 0.3 is 11.9 Å². The SMILES string of the molecule is COC(=O)CC[C@@H](NC(=O)[C@H](C)N)C(=O)OC. The van der Waals surface area contributed by atoms with Crippen molar-refractivity contribution >= 4 is 17.8 Å². The van der Waals surface area contributed by atoms with Crippen molar-refractivity contribution < 1.29 is 23.9 Å². The van der Waals surface area contributed by atoms with Gasteiger partial charge in [0.05, 0.1) is 20.3 Å². The summed E-state index contributed by atoms with van der Waals surface area (Å²) in [6.07, 6.45) is 0.118. The molecule has 17 heavy (non-hydrogen) atoms. The van der Waals surface area contributed by atoms with E-state index in [0.717, 1.165) is 0 Å². The molecule has 0 bridgehead atoms. The summed E-state index contributed by atoms with van der Waals surface area (Å²) in [7, 11) is 2.45. The summed E-state index contributed by atoms with van der Waals surface area (Å²) in [5.41, 5.74) is 5.35. The number of rotatable bonds is 6. The molecule has 2 atom stereocenters. The van der Waals surface area contributed by atoms with Crippen LogP contribution in [0.5, 0.6) is 0 Å². The van der Waals surface area contributed by atoms with Crippen LogP contribution in [0.15, 0.2) is 0 Å². The molecule has 0 unspecified atom stereocenters. The van der Waals surface area contributed by atoms with Gasteiger partial charge in [0.1, 0.15) is 6.04 Å². The molecule has 7 heteroatoms. The maximum Gasteiger partial charge on any atom is 0.328 e. The van der Waals surface area contributed by atoms with E-state index >= 15 is 0 Å². The van der Waals surface area contributed by atoms with E-state index in [0.29, 0.717) is 0 Å². The third-order valence-electron chi connectivity index (χ3n) is 2.08. The average molecular weight is 246 g/mol. The first-order valence-electron chi connectivity index (χ1n) is 5.13. The molecule has 0 radical (unpaired) electrons. The van der Waals surface area contributed by atoms with Gasteiger partial charge in [0.2, 0.25) is 5.91 Å². The summed E-state index contributed by atoms with van der Waals surface area (Å²) in [6, 6.07) is -1.63. The topological polar surface area (TPSA) is 108 Å². The third-order valence-corrected chi connectivity index (χ3v) is 2.08. The Kier molecular flexibility index (Phi) is 6.88. The van der Waals surface area contributed by atoms with Crippen molar-refractivity contribution in [2.75, 3.05) is 14.2 Å². The van der Waals surface area contributed by atoms with Gasteiger partial charge in [-0.3, -0.25) is 9.59 Å². The zero-order valence-electron chi connectivity index (χ0n) is 10.2. The number of nitrogens with two attached hydrogens (primary N) is 1. The zero-order valence-corrected chi connectivity index (χ0v) is 10.2. The Morgan fingerprint density at radius 2 is 1.82 bits per heavy atom. The summed E-state index contributed by atoms with van der Waals surface area (Å²) in [5, 5.41) is 2.40. The lowest BCUT2D eigenvalue weighted by Crippen LogP contribution is -2.47. The predicted molar refractivity (Wildman–Crippen MR) is 58.8 cm³/mol. The lowest BCUT2D eigenvalue weighted by Gasteiger charge is -2.17. The second kappa shape index (κ2) is 7.61. The molecular weight excluding hydrogens is 228 g/mol. The summed E-state index contributed by atoms with van der Waals surface area (Å²) in [5.74, 6) is -1.57. The van der Waals surface area contributed by atoms with Crippen LogP contribution in [0.2, 0.25) is 0 Å². The highest BCUT2D eigenvalue weighted by molar-refractivity contribution is 5.87. The highest BCUT2D eigenvalue weighted by atomic mass is 16.5. The molecule has 0 spiro atoms. The number of nitrogens with one attached hydrogen (secondary N) is 1. The van der Waals surface area contributed by atoms with Gasteiger partial charge in [-0.05, 0) is 13.3 Å². The Balaban J connectivity index is 4.39. The van der Waals surface area contributed by atoms with Crippen molar-refractivity contribution in [3.63, 3.8) is 0 Å². The van der Waals surface area contributed by atoms with Gasteiger partial charge in [-0.2, -0.15) is 0 Å². The number of hydrogen-bond donors (Lipinski definition) is 2. The first kappa shape index (κ1) is 15.4. The number of methoxy groups -OCH3 is 2. The van der Waals surface area contributed by atoms with Crippen LogP contribution in [0.25, 0.3) is 0 Å². The van der Waals surface area contributed by atoms with Gasteiger partial charge < -0.3 is 20.5 Å². The summed E-state index contributed by atoms with van der Waals surface area (Å²) < 4.78 is 8.95. The normalized spacial score (nSPS) is 13.4. The fourth-order valence-electron chi connectivity index (χ4n) is 1.06. The Hall–Kier alpha value is -1.63. The molecular formula is C10H18N2O5. The van der Waals surface area contributed by atoms with Crippen molar-refractivity contribution in [3.8, 4) is 0 Å². The standard InChI is InChI=1S/C10H18N2O5/c1-6(11)9(14)12-7(10(15)17-3)4-5-8(13)16-2/h6-7H,4-5,11H2,1-3H3,(H,12,14)/t6-,7+/m0/s1. The minimum absolute atomic E-state index is 0.00942. The number of carbonyl (C=O) groups is 3. The van der Waals surface area contributed by atoms with Crippen molar-refractivity contribution in [1.82, 2.24) is 5.32 Å². The molecule has 1 amide bonds. The van der Waals surface area contributed by atoms with Crippen LogP contribution >= 0.6 is 0 Å². The molecule has 0 fully saturated rings. The number of hydrogen-bond acceptors (Lipinski definition) is 6. The number of esters is 2. The van der Waals surface area contributed by atoms with Crippen molar-refractivity contribution in [2.24, 2.45) is 5.73 Å². The molecule has 0 aromatic rings. The minimum Gasteiger partial charge on any atom is -0.469 e. The van der Waals surface area contributed by atoms with E-state index in [-0.39, 0.29) is 12.8 Å². The van der Waals surface area contributed by atoms with Crippen molar-refractivity contribution in [2.45, 2.75) is 31.8 Å². The van der Waals surface area contributed by atoms with Crippen LogP contribution in [0, 0.1) is 0 Å². The minimum atomic E-state index is -0.891. The van der Waals surface area contributed by atoms with E-state index < -0.39 is 29.9 Å². The quantitative estimate of drug-likeness (QED) is 0.579. The zero-order chi connectivity index (χ0) is 13.4. The predicted octanol–water partition coefficient (Wildman–Crippen LogP) is -1.06. The largest absolute Gasteiger partial charge is 0.469 e. The highest BCUT2D eigenvalue weighted by Gasteiger charge is 2.23. The number of amides is 1. The first-order chi connectivity index (χ1) is 7.92. The summed E-state index contributed by atoms with van der Waals surface area (Å²) in [6.45, 7) is 1.49. The van der Waals surface area contributed by atoms with Gasteiger partial charge in [-0.1, -0.05) is 0 Å². The molecule has 3 N–H and O–H groups in total. The molecule has 0 heterocycles. The molecule has 0 aromatic heterocycles. The molecule has 0 aliphatic rings. The van der Waals surface area contributed by atoms with Gasteiger partial charge in [0, 0.05) is 6.42 Å². The lowest BCUT2D eigenvalue weighted by atomic mass is 10.1. The maximum absolute atomic E-state index is 11.3. The monoisotopic (exact) mass is 246 g/mol. The van der Waals surface area contributed by atoms with Gasteiger partial charge in [0.25, 0.3) is 0 Å². The van der Waals surface area contributed by atoms with Crippen LogP contribution in [0.4, 0.5) is 0 Å². The van der Waals surface area contributed by atoms with E-state index in [2.05, 4.69) is 14.8 Å². The fourth-order valence-corrected chi connectivity index (χ4v) is 1.06. The van der Waals surface area contributed by atoms with Crippen LogP contribution < -0.4 is 11.1 Å². The Bertz CT molecular complexity index is 290. The second-order valence-electron chi connectivity index (χ2n) is 3.49. The number of carbonyl (C=O) groups excluding carboxylic acids is 3. The number of ether oxygens (including phenoxy) is 2. The van der Waals surface area contributed by atoms with Crippen LogP contribution in [-0.2, 0) is 23.9 Å². The molecule has 0 rings (SSSR count). The van der Waals surface area contributed by atoms with E-state index in [1.165, 1.54) is 21.1 Å². The maximum atomic E-state index is 11.3. The van der Waals surface area contributed by atoms with Crippen LogP contribution in [0.1, 0.15) is 19.8 Å². The first-order valence-corrected chi connectivity index (χ1v) is 5.13. The van der Waals surface area contributed by atoms with Crippen molar-refractivity contribution in [3.05, 3.63) is 0 Å². The van der Waals surface area contributed by atoms with E-state index in [9.17, 15) is 14.4 Å². The molecule has 7 nitrogen and oxygen atoms in total. The Labute approximate surface area is 99.6 Å². The molecule has 0 saturated carbocycles. The van der Waals surface area contributed by atoms with E-state index in [4.69, 9.17) is 5.73 Å². The van der Waals surface area contributed by atoms with E-state index in [1.54, 1.807) is 0 Å². The van der Waals surface area contributed by atoms with Gasteiger partial charge in [-0.15, -0.1) is 0 Å². The highest BCUT2D eigenvalue weighted by Crippen LogP contribution is 2.01. The molecule has 0 aromatic carbocycles. The Morgan fingerprint density at radius 3 is 2.24 bits per heavy atom. The second-order valence-corrected chi connectivity index (χ2v) is 3.49. The lowest BCUT2D eigenvalue weighted by molar-refractivity contribution is -0.146.